The van der Waals surface area contributed by atoms with E-state index in [2.05, 4.69) is 53.6 Å². The number of aromatic nitrogens is 2. The predicted molar refractivity (Wildman–Crippen MR) is 119 cm³/mol. The highest BCUT2D eigenvalue weighted by molar-refractivity contribution is 5.69. The average Bonchev–Trinajstić information content (AvgIpc) is 3.44. The number of nitrogens with one attached hydrogen (secondary N) is 1. The van der Waals surface area contributed by atoms with Crippen LogP contribution in [0.25, 0.3) is 22.8 Å². The molecule has 0 aliphatic carbocycles. The second-order valence-corrected chi connectivity index (χ2v) is 8.68. The molecule has 162 valence electrons. The number of carbonyl (C=O) groups excluding carboxylic acids is 1. The van der Waals surface area contributed by atoms with Crippen LogP contribution in [-0.4, -0.2) is 29.8 Å². The van der Waals surface area contributed by atoms with E-state index in [0.29, 0.717) is 30.0 Å². The van der Waals surface area contributed by atoms with Crippen LogP contribution in [0.4, 0.5) is 0 Å². The molecule has 0 bridgehead atoms. The summed E-state index contributed by atoms with van der Waals surface area (Å²) in [4.78, 5) is 16.1. The van der Waals surface area contributed by atoms with E-state index in [1.807, 2.05) is 24.3 Å². The first-order chi connectivity index (χ1) is 15.0. The molecule has 1 aliphatic rings. The molecule has 0 spiro atoms. The number of esters is 1. The summed E-state index contributed by atoms with van der Waals surface area (Å²) in [5.74, 6) is 1.89. The van der Waals surface area contributed by atoms with Gasteiger partial charge in [-0.25, -0.2) is 0 Å². The van der Waals surface area contributed by atoms with Crippen molar-refractivity contribution in [3.05, 3.63) is 59.7 Å². The Labute approximate surface area is 183 Å². The Morgan fingerprint density at radius 2 is 1.84 bits per heavy atom. The van der Waals surface area contributed by atoms with Crippen molar-refractivity contribution in [2.45, 2.75) is 39.2 Å². The number of ether oxygens (including phenoxy) is 1. The third kappa shape index (κ3) is 5.20. The zero-order valence-electron chi connectivity index (χ0n) is 18.3. The molecule has 1 fully saturated rings. The number of hydrogen-bond acceptors (Lipinski definition) is 6. The van der Waals surface area contributed by atoms with Gasteiger partial charge in [-0.3, -0.25) is 4.79 Å². The Hall–Kier alpha value is -2.99. The number of carbonyl (C=O) groups is 1. The SMILES string of the molecule is COC(=O)C[C@H]1CN[C@H](c2ccc(-c3noc(-c4ccc(CC(C)C)cc4)n3)cc2)C1. The van der Waals surface area contributed by atoms with E-state index in [1.54, 1.807) is 0 Å². The first-order valence-electron chi connectivity index (χ1n) is 10.9. The first-order valence-corrected chi connectivity index (χ1v) is 10.9. The Bertz CT molecular complexity index is 1010. The van der Waals surface area contributed by atoms with Crippen molar-refractivity contribution in [1.82, 2.24) is 15.5 Å². The molecule has 6 nitrogen and oxygen atoms in total. The van der Waals surface area contributed by atoms with Gasteiger partial charge in [-0.1, -0.05) is 55.4 Å². The minimum atomic E-state index is -0.148. The highest BCUT2D eigenvalue weighted by Crippen LogP contribution is 2.30. The Morgan fingerprint density at radius 3 is 2.52 bits per heavy atom. The van der Waals surface area contributed by atoms with Crippen molar-refractivity contribution in [3.8, 4) is 22.8 Å². The standard InChI is InChI=1S/C25H29N3O3/c1-16(2)12-17-4-6-21(7-5-17)25-27-24(28-31-25)20-10-8-19(9-11-20)22-13-18(15-26-22)14-23(29)30-3/h4-11,16,18,22,26H,12-15H2,1-3H3/t18-,22-/m0/s1. The van der Waals surface area contributed by atoms with E-state index in [4.69, 9.17) is 9.26 Å². The van der Waals surface area contributed by atoms with Crippen molar-refractivity contribution in [2.24, 2.45) is 11.8 Å². The fraction of sp³-hybridized carbons (Fsp3) is 0.400. The van der Waals surface area contributed by atoms with E-state index >= 15 is 0 Å². The molecule has 0 amide bonds. The van der Waals surface area contributed by atoms with Crippen LogP contribution in [0.1, 0.15) is 43.9 Å². The van der Waals surface area contributed by atoms with Crippen molar-refractivity contribution in [1.29, 1.82) is 0 Å². The van der Waals surface area contributed by atoms with Crippen LogP contribution in [-0.2, 0) is 16.0 Å². The summed E-state index contributed by atoms with van der Waals surface area (Å²) in [5.41, 5.74) is 4.35. The van der Waals surface area contributed by atoms with Gasteiger partial charge < -0.3 is 14.6 Å². The Morgan fingerprint density at radius 1 is 1.13 bits per heavy atom. The molecule has 2 heterocycles. The molecular weight excluding hydrogens is 390 g/mol. The minimum Gasteiger partial charge on any atom is -0.469 e. The van der Waals surface area contributed by atoms with E-state index in [1.165, 1.54) is 18.2 Å². The maximum absolute atomic E-state index is 11.5. The van der Waals surface area contributed by atoms with Crippen molar-refractivity contribution < 1.29 is 14.1 Å². The molecule has 4 rings (SSSR count). The molecule has 3 aromatic rings. The summed E-state index contributed by atoms with van der Waals surface area (Å²) in [6.45, 7) is 5.26. The monoisotopic (exact) mass is 419 g/mol. The summed E-state index contributed by atoms with van der Waals surface area (Å²) in [5, 5.41) is 7.66. The van der Waals surface area contributed by atoms with Crippen molar-refractivity contribution in [3.63, 3.8) is 0 Å². The molecule has 31 heavy (non-hydrogen) atoms. The Kier molecular flexibility index (Phi) is 6.47. The number of hydrogen-bond donors (Lipinski definition) is 1. The van der Waals surface area contributed by atoms with Crippen LogP contribution in [0.15, 0.2) is 53.1 Å². The maximum atomic E-state index is 11.5. The molecule has 1 aliphatic heterocycles. The van der Waals surface area contributed by atoms with Crippen LogP contribution in [0, 0.1) is 11.8 Å². The third-order valence-corrected chi connectivity index (χ3v) is 5.75. The van der Waals surface area contributed by atoms with Crippen molar-refractivity contribution >= 4 is 5.97 Å². The molecule has 0 unspecified atom stereocenters. The summed E-state index contributed by atoms with van der Waals surface area (Å²) in [6.07, 6.45) is 2.44. The number of benzene rings is 2. The second kappa shape index (κ2) is 9.43. The van der Waals surface area contributed by atoms with E-state index in [9.17, 15) is 4.79 Å². The molecule has 1 aromatic heterocycles. The van der Waals surface area contributed by atoms with Crippen LogP contribution in [0.5, 0.6) is 0 Å². The first kappa shape index (κ1) is 21.2. The number of methoxy groups -OCH3 is 1. The molecular formula is C25H29N3O3. The van der Waals surface area contributed by atoms with Crippen LogP contribution >= 0.6 is 0 Å². The van der Waals surface area contributed by atoms with Gasteiger partial charge in [-0.15, -0.1) is 0 Å². The zero-order chi connectivity index (χ0) is 21.8. The fourth-order valence-electron chi connectivity index (χ4n) is 4.11. The smallest absolute Gasteiger partial charge is 0.305 e. The van der Waals surface area contributed by atoms with Gasteiger partial charge in [0.15, 0.2) is 0 Å². The molecule has 6 heteroatoms. The van der Waals surface area contributed by atoms with E-state index in [-0.39, 0.29) is 12.0 Å². The van der Waals surface area contributed by atoms with Crippen molar-refractivity contribution in [2.75, 3.05) is 13.7 Å². The molecule has 0 radical (unpaired) electrons. The van der Waals surface area contributed by atoms with Gasteiger partial charge in [0, 0.05) is 23.6 Å². The van der Waals surface area contributed by atoms with Gasteiger partial charge >= 0.3 is 5.97 Å². The van der Waals surface area contributed by atoms with Crippen LogP contribution in [0.3, 0.4) is 0 Å². The van der Waals surface area contributed by atoms with Gasteiger partial charge in [-0.05, 0) is 54.5 Å². The molecule has 0 saturated carbocycles. The minimum absolute atomic E-state index is 0.148. The van der Waals surface area contributed by atoms with Crippen LogP contribution < -0.4 is 5.32 Å². The number of nitrogens with zero attached hydrogens (tertiary/aromatic N) is 2. The summed E-state index contributed by atoms with van der Waals surface area (Å²) < 4.78 is 10.3. The zero-order valence-corrected chi connectivity index (χ0v) is 18.3. The van der Waals surface area contributed by atoms with E-state index < -0.39 is 0 Å². The second-order valence-electron chi connectivity index (χ2n) is 8.68. The predicted octanol–water partition coefficient (Wildman–Crippen LogP) is 4.82. The lowest BCUT2D eigenvalue weighted by atomic mass is 9.97. The lowest BCUT2D eigenvalue weighted by molar-refractivity contribution is -0.141. The normalized spacial score (nSPS) is 18.5. The largest absolute Gasteiger partial charge is 0.469 e. The molecule has 2 aromatic carbocycles. The quantitative estimate of drug-likeness (QED) is 0.554. The summed E-state index contributed by atoms with van der Waals surface area (Å²) in [6, 6.07) is 16.8. The van der Waals surface area contributed by atoms with Gasteiger partial charge in [0.25, 0.3) is 5.89 Å². The maximum Gasteiger partial charge on any atom is 0.305 e. The van der Waals surface area contributed by atoms with Gasteiger partial charge in [0.05, 0.1) is 7.11 Å². The summed E-state index contributed by atoms with van der Waals surface area (Å²) in [7, 11) is 1.44. The number of rotatable bonds is 7. The van der Waals surface area contributed by atoms with Gasteiger partial charge in [-0.2, -0.15) is 4.98 Å². The highest BCUT2D eigenvalue weighted by Gasteiger charge is 2.27. The fourth-order valence-corrected chi connectivity index (χ4v) is 4.11. The molecule has 1 N–H and O–H groups in total. The lowest BCUT2D eigenvalue weighted by Crippen LogP contribution is -2.15. The van der Waals surface area contributed by atoms with Gasteiger partial charge in [0.1, 0.15) is 0 Å². The summed E-state index contributed by atoms with van der Waals surface area (Å²) >= 11 is 0. The van der Waals surface area contributed by atoms with Gasteiger partial charge in [0.2, 0.25) is 5.82 Å². The third-order valence-electron chi connectivity index (χ3n) is 5.75. The average molecular weight is 420 g/mol. The van der Waals surface area contributed by atoms with Crippen LogP contribution in [0.2, 0.25) is 0 Å². The van der Waals surface area contributed by atoms with E-state index in [0.717, 1.165) is 30.5 Å². The molecule has 2 atom stereocenters. The lowest BCUT2D eigenvalue weighted by Gasteiger charge is -2.11. The topological polar surface area (TPSA) is 77.2 Å². The highest BCUT2D eigenvalue weighted by atomic mass is 16.5. The Balaban J connectivity index is 1.41. The molecule has 1 saturated heterocycles.